The van der Waals surface area contributed by atoms with Crippen molar-refractivity contribution >= 4 is 21.8 Å². The normalized spacial score (nSPS) is 16.5. The van der Waals surface area contributed by atoms with Gasteiger partial charge in [0, 0.05) is 17.5 Å². The summed E-state index contributed by atoms with van der Waals surface area (Å²) in [7, 11) is -1.77. The smallest absolute Gasteiger partial charge is 0.251 e. The minimum atomic E-state index is -3.30. The van der Waals surface area contributed by atoms with Gasteiger partial charge in [0.25, 0.3) is 5.91 Å². The second-order valence-electron chi connectivity index (χ2n) is 3.59. The highest BCUT2D eigenvalue weighted by Crippen LogP contribution is 2.32. The van der Waals surface area contributed by atoms with E-state index in [2.05, 4.69) is 5.32 Å². The van der Waals surface area contributed by atoms with Gasteiger partial charge in [0.15, 0.2) is 0 Å². The summed E-state index contributed by atoms with van der Waals surface area (Å²) in [5, 5.41) is 2.50. The number of carbonyl (C=O) groups excluding carboxylic acids is 1. The Bertz CT molecular complexity index is 600. The van der Waals surface area contributed by atoms with E-state index in [0.717, 1.165) is 0 Å². The molecular formula is C11H11NO3S. The molecule has 1 aromatic rings. The molecule has 1 aliphatic heterocycles. The number of benzene rings is 1. The Morgan fingerprint density at radius 1 is 1.31 bits per heavy atom. The van der Waals surface area contributed by atoms with Gasteiger partial charge in [-0.2, -0.15) is 0 Å². The zero-order valence-corrected chi connectivity index (χ0v) is 9.76. The predicted molar refractivity (Wildman–Crippen MR) is 60.7 cm³/mol. The Balaban J connectivity index is 2.60. The van der Waals surface area contributed by atoms with Crippen molar-refractivity contribution in [1.82, 2.24) is 5.32 Å². The van der Waals surface area contributed by atoms with Gasteiger partial charge < -0.3 is 5.32 Å². The molecule has 0 aromatic heterocycles. The molecule has 4 nitrogen and oxygen atoms in total. The summed E-state index contributed by atoms with van der Waals surface area (Å²) in [4.78, 5) is 12.0. The Morgan fingerprint density at radius 2 is 2.00 bits per heavy atom. The molecule has 16 heavy (non-hydrogen) atoms. The van der Waals surface area contributed by atoms with Crippen molar-refractivity contribution < 1.29 is 13.2 Å². The fourth-order valence-corrected chi connectivity index (χ4v) is 2.97. The van der Waals surface area contributed by atoms with Crippen LogP contribution in [0.2, 0.25) is 0 Å². The molecule has 0 spiro atoms. The maximum Gasteiger partial charge on any atom is 0.251 e. The number of nitrogens with one attached hydrogen (secondary N) is 1. The van der Waals surface area contributed by atoms with Gasteiger partial charge in [-0.1, -0.05) is 0 Å². The van der Waals surface area contributed by atoms with Crippen molar-refractivity contribution in [3.8, 4) is 0 Å². The third-order valence-corrected chi connectivity index (χ3v) is 4.49. The van der Waals surface area contributed by atoms with Crippen LogP contribution in [0.15, 0.2) is 28.0 Å². The van der Waals surface area contributed by atoms with Crippen LogP contribution in [0.4, 0.5) is 0 Å². The minimum Gasteiger partial charge on any atom is -0.355 e. The van der Waals surface area contributed by atoms with Crippen LogP contribution in [0.5, 0.6) is 0 Å². The Hall–Kier alpha value is -1.62. The number of hydrogen-bond acceptors (Lipinski definition) is 3. The largest absolute Gasteiger partial charge is 0.355 e. The average Bonchev–Trinajstić information content (AvgIpc) is 2.48. The summed E-state index contributed by atoms with van der Waals surface area (Å²) in [5.41, 5.74) is 1.04. The standard InChI is InChI=1S/C11H11NO3S/c1-7-5-9-6-8(11(13)12-2)3-4-10(9)16(7,14)15/h3-6H,1-2H3,(H,12,13). The summed E-state index contributed by atoms with van der Waals surface area (Å²) >= 11 is 0. The highest BCUT2D eigenvalue weighted by atomic mass is 32.2. The molecule has 1 aliphatic rings. The van der Waals surface area contributed by atoms with Gasteiger partial charge >= 0.3 is 0 Å². The van der Waals surface area contributed by atoms with Gasteiger partial charge in [0.05, 0.1) is 4.90 Å². The van der Waals surface area contributed by atoms with Gasteiger partial charge in [-0.3, -0.25) is 4.79 Å². The van der Waals surface area contributed by atoms with E-state index in [1.54, 1.807) is 19.1 Å². The molecule has 1 heterocycles. The molecule has 0 radical (unpaired) electrons. The molecular weight excluding hydrogens is 226 g/mol. The quantitative estimate of drug-likeness (QED) is 0.798. The Kier molecular flexibility index (Phi) is 2.35. The molecule has 1 N–H and O–H groups in total. The zero-order valence-electron chi connectivity index (χ0n) is 8.94. The summed E-state index contributed by atoms with van der Waals surface area (Å²) in [6.07, 6.45) is 1.58. The van der Waals surface area contributed by atoms with Crippen LogP contribution in [0.3, 0.4) is 0 Å². The van der Waals surface area contributed by atoms with Gasteiger partial charge in [0.1, 0.15) is 0 Å². The summed E-state index contributed by atoms with van der Waals surface area (Å²) in [5.74, 6) is -0.224. The van der Waals surface area contributed by atoms with Crippen LogP contribution in [-0.4, -0.2) is 21.4 Å². The lowest BCUT2D eigenvalue weighted by Crippen LogP contribution is -2.17. The number of carbonyl (C=O) groups is 1. The maximum absolute atomic E-state index is 11.8. The van der Waals surface area contributed by atoms with E-state index >= 15 is 0 Å². The predicted octanol–water partition coefficient (Wildman–Crippen LogP) is 1.19. The second-order valence-corrected chi connectivity index (χ2v) is 5.68. The lowest BCUT2D eigenvalue weighted by atomic mass is 10.1. The number of sulfone groups is 1. The van der Waals surface area contributed by atoms with E-state index in [-0.39, 0.29) is 10.8 Å². The lowest BCUT2D eigenvalue weighted by Gasteiger charge is -2.03. The highest BCUT2D eigenvalue weighted by Gasteiger charge is 2.26. The van der Waals surface area contributed by atoms with Crippen molar-refractivity contribution in [1.29, 1.82) is 0 Å². The first-order valence-corrected chi connectivity index (χ1v) is 6.24. The van der Waals surface area contributed by atoms with E-state index in [9.17, 15) is 13.2 Å². The van der Waals surface area contributed by atoms with Crippen molar-refractivity contribution in [2.24, 2.45) is 0 Å². The Labute approximate surface area is 93.9 Å². The third kappa shape index (κ3) is 1.44. The van der Waals surface area contributed by atoms with Crippen LogP contribution >= 0.6 is 0 Å². The number of hydrogen-bond donors (Lipinski definition) is 1. The Morgan fingerprint density at radius 3 is 2.62 bits per heavy atom. The lowest BCUT2D eigenvalue weighted by molar-refractivity contribution is 0.0963. The molecule has 0 unspecified atom stereocenters. The van der Waals surface area contributed by atoms with Crippen molar-refractivity contribution in [2.75, 3.05) is 7.05 Å². The number of amides is 1. The van der Waals surface area contributed by atoms with Gasteiger partial charge in [-0.15, -0.1) is 0 Å². The van der Waals surface area contributed by atoms with Crippen LogP contribution in [-0.2, 0) is 9.84 Å². The fraction of sp³-hybridized carbons (Fsp3) is 0.182. The first kappa shape index (κ1) is 10.9. The van der Waals surface area contributed by atoms with Crippen molar-refractivity contribution in [2.45, 2.75) is 11.8 Å². The number of rotatable bonds is 1. The molecule has 0 bridgehead atoms. The van der Waals surface area contributed by atoms with E-state index < -0.39 is 9.84 Å². The van der Waals surface area contributed by atoms with Crippen LogP contribution in [0.1, 0.15) is 22.8 Å². The first-order chi connectivity index (χ1) is 7.46. The van der Waals surface area contributed by atoms with E-state index in [0.29, 0.717) is 16.0 Å². The summed E-state index contributed by atoms with van der Waals surface area (Å²) in [6, 6.07) is 4.58. The highest BCUT2D eigenvalue weighted by molar-refractivity contribution is 7.95. The summed E-state index contributed by atoms with van der Waals surface area (Å²) in [6.45, 7) is 1.55. The number of fused-ring (bicyclic) bond motifs is 1. The molecule has 5 heteroatoms. The molecule has 2 rings (SSSR count). The van der Waals surface area contributed by atoms with Crippen LogP contribution < -0.4 is 5.32 Å². The SMILES string of the molecule is CNC(=O)c1ccc2c(c1)C=C(C)S2(=O)=O. The first-order valence-electron chi connectivity index (χ1n) is 4.76. The topological polar surface area (TPSA) is 63.2 Å². The van der Waals surface area contributed by atoms with E-state index in [1.165, 1.54) is 19.2 Å². The molecule has 0 atom stereocenters. The molecule has 1 amide bonds. The molecule has 0 aliphatic carbocycles. The van der Waals surface area contributed by atoms with E-state index in [1.807, 2.05) is 0 Å². The molecule has 0 saturated carbocycles. The van der Waals surface area contributed by atoms with Crippen molar-refractivity contribution in [3.63, 3.8) is 0 Å². The molecule has 0 fully saturated rings. The molecule has 84 valence electrons. The zero-order chi connectivity index (χ0) is 11.9. The second kappa shape index (κ2) is 3.45. The van der Waals surface area contributed by atoms with Crippen LogP contribution in [0.25, 0.3) is 6.08 Å². The van der Waals surface area contributed by atoms with Crippen LogP contribution in [0, 0.1) is 0 Å². The van der Waals surface area contributed by atoms with E-state index in [4.69, 9.17) is 0 Å². The van der Waals surface area contributed by atoms with Crippen molar-refractivity contribution in [3.05, 3.63) is 34.2 Å². The van der Waals surface area contributed by atoms with Gasteiger partial charge in [0.2, 0.25) is 9.84 Å². The van der Waals surface area contributed by atoms with Gasteiger partial charge in [-0.25, -0.2) is 8.42 Å². The monoisotopic (exact) mass is 237 g/mol. The summed E-state index contributed by atoms with van der Waals surface area (Å²) < 4.78 is 23.5. The third-order valence-electron chi connectivity index (χ3n) is 2.57. The maximum atomic E-state index is 11.8. The average molecular weight is 237 g/mol. The molecule has 0 saturated heterocycles. The number of allylic oxidation sites excluding steroid dienone is 1. The minimum absolute atomic E-state index is 0.224. The molecule has 1 aromatic carbocycles. The fourth-order valence-electron chi connectivity index (χ4n) is 1.66. The van der Waals surface area contributed by atoms with Gasteiger partial charge in [-0.05, 0) is 36.8 Å².